The third kappa shape index (κ3) is 4.83. The van der Waals surface area contributed by atoms with Gasteiger partial charge in [0.2, 0.25) is 0 Å². The number of unbranched alkanes of at least 4 members (excludes halogenated alkanes) is 2. The molecular weight excluding hydrogens is 259 g/mol. The van der Waals surface area contributed by atoms with Crippen molar-refractivity contribution in [2.75, 3.05) is 0 Å². The molecular formula is C20H31F. The summed E-state index contributed by atoms with van der Waals surface area (Å²) in [6.45, 7) is 4.47. The van der Waals surface area contributed by atoms with E-state index in [4.69, 9.17) is 0 Å². The highest BCUT2D eigenvalue weighted by atomic mass is 19.1. The van der Waals surface area contributed by atoms with Gasteiger partial charge in [0.1, 0.15) is 5.82 Å². The average molecular weight is 290 g/mol. The Morgan fingerprint density at radius 2 is 1.76 bits per heavy atom. The summed E-state index contributed by atoms with van der Waals surface area (Å²) in [4.78, 5) is 0. The molecule has 1 aromatic carbocycles. The molecule has 0 saturated heterocycles. The molecule has 0 aliphatic heterocycles. The van der Waals surface area contributed by atoms with Gasteiger partial charge in [-0.3, -0.25) is 0 Å². The van der Waals surface area contributed by atoms with Crippen LogP contribution < -0.4 is 0 Å². The number of aryl methyl sites for hydroxylation is 1. The predicted molar refractivity (Wildman–Crippen MR) is 89.2 cm³/mol. The Morgan fingerprint density at radius 1 is 1.00 bits per heavy atom. The Hall–Kier alpha value is -0.850. The highest BCUT2D eigenvalue weighted by Gasteiger charge is 2.23. The van der Waals surface area contributed by atoms with E-state index in [1.165, 1.54) is 63.4 Å². The van der Waals surface area contributed by atoms with Crippen LogP contribution in [-0.2, 0) is 6.42 Å². The largest absolute Gasteiger partial charge is 0.207 e. The van der Waals surface area contributed by atoms with Gasteiger partial charge in [-0.2, -0.15) is 0 Å². The van der Waals surface area contributed by atoms with Crippen LogP contribution in [0.2, 0.25) is 0 Å². The molecule has 1 heteroatoms. The molecule has 0 bridgehead atoms. The molecule has 1 aromatic rings. The first-order valence-corrected chi connectivity index (χ1v) is 9.02. The normalized spacial score (nSPS) is 22.4. The molecule has 0 amide bonds. The van der Waals surface area contributed by atoms with Gasteiger partial charge in [0.25, 0.3) is 0 Å². The number of hydrogen-bond acceptors (Lipinski definition) is 0. The summed E-state index contributed by atoms with van der Waals surface area (Å²) in [6.07, 6.45) is 12.2. The van der Waals surface area contributed by atoms with Gasteiger partial charge >= 0.3 is 0 Å². The third-order valence-electron chi connectivity index (χ3n) is 5.12. The second kappa shape index (κ2) is 8.56. The van der Waals surface area contributed by atoms with Crippen molar-refractivity contribution in [3.63, 3.8) is 0 Å². The van der Waals surface area contributed by atoms with Gasteiger partial charge in [0, 0.05) is 0 Å². The summed E-state index contributed by atoms with van der Waals surface area (Å²) >= 11 is 0. The Labute approximate surface area is 130 Å². The molecule has 0 unspecified atom stereocenters. The predicted octanol–water partition coefficient (Wildman–Crippen LogP) is 6.63. The first kappa shape index (κ1) is 16.5. The van der Waals surface area contributed by atoms with E-state index in [0.717, 1.165) is 17.9 Å². The monoisotopic (exact) mass is 290 g/mol. The molecule has 1 fully saturated rings. The molecule has 0 N–H and O–H groups in total. The molecule has 0 nitrogen and oxygen atoms in total. The van der Waals surface area contributed by atoms with Crippen LogP contribution in [0.1, 0.15) is 88.7 Å². The average Bonchev–Trinajstić information content (AvgIpc) is 2.49. The van der Waals surface area contributed by atoms with Crippen LogP contribution in [-0.4, -0.2) is 0 Å². The highest BCUT2D eigenvalue weighted by Crippen LogP contribution is 2.38. The van der Waals surface area contributed by atoms with Crippen LogP contribution in [0.15, 0.2) is 18.2 Å². The van der Waals surface area contributed by atoms with E-state index in [2.05, 4.69) is 26.0 Å². The Kier molecular flexibility index (Phi) is 6.73. The SMILES string of the molecule is CCCCCc1ccc(C2CCC(CCC)CC2)c(F)c1. The number of hydrogen-bond donors (Lipinski definition) is 0. The lowest BCUT2D eigenvalue weighted by Crippen LogP contribution is -2.14. The maximum atomic E-state index is 14.4. The van der Waals surface area contributed by atoms with E-state index in [1.54, 1.807) is 6.07 Å². The molecule has 0 atom stereocenters. The van der Waals surface area contributed by atoms with E-state index >= 15 is 0 Å². The van der Waals surface area contributed by atoms with Crippen LogP contribution >= 0.6 is 0 Å². The van der Waals surface area contributed by atoms with Gasteiger partial charge in [0.05, 0.1) is 0 Å². The number of benzene rings is 1. The lowest BCUT2D eigenvalue weighted by molar-refractivity contribution is 0.304. The zero-order chi connectivity index (χ0) is 15.1. The first-order chi connectivity index (χ1) is 10.2. The maximum absolute atomic E-state index is 14.4. The van der Waals surface area contributed by atoms with Gasteiger partial charge < -0.3 is 0 Å². The molecule has 2 rings (SSSR count). The van der Waals surface area contributed by atoms with E-state index in [-0.39, 0.29) is 5.82 Å². The molecule has 0 spiro atoms. The smallest absolute Gasteiger partial charge is 0.126 e. The van der Waals surface area contributed by atoms with Gasteiger partial charge in [-0.05, 0) is 67.6 Å². The minimum absolute atomic E-state index is 0.0444. The second-order valence-corrected chi connectivity index (χ2v) is 6.82. The highest BCUT2D eigenvalue weighted by molar-refractivity contribution is 5.27. The number of rotatable bonds is 7. The summed E-state index contributed by atoms with van der Waals surface area (Å²) in [7, 11) is 0. The fraction of sp³-hybridized carbons (Fsp3) is 0.700. The van der Waals surface area contributed by atoms with Crippen molar-refractivity contribution in [3.8, 4) is 0 Å². The van der Waals surface area contributed by atoms with E-state index in [0.29, 0.717) is 5.92 Å². The summed E-state index contributed by atoms with van der Waals surface area (Å²) in [6, 6.07) is 6.02. The van der Waals surface area contributed by atoms with E-state index in [9.17, 15) is 4.39 Å². The topological polar surface area (TPSA) is 0 Å². The van der Waals surface area contributed by atoms with Crippen molar-refractivity contribution in [2.45, 2.75) is 84.0 Å². The molecule has 0 radical (unpaired) electrons. The summed E-state index contributed by atoms with van der Waals surface area (Å²) < 4.78 is 14.4. The number of halogens is 1. The van der Waals surface area contributed by atoms with Gasteiger partial charge in [-0.25, -0.2) is 4.39 Å². The van der Waals surface area contributed by atoms with Gasteiger partial charge in [-0.1, -0.05) is 51.7 Å². The molecule has 1 aliphatic carbocycles. The second-order valence-electron chi connectivity index (χ2n) is 6.82. The Balaban J connectivity index is 1.92. The molecule has 1 aliphatic rings. The zero-order valence-corrected chi connectivity index (χ0v) is 13.8. The lowest BCUT2D eigenvalue weighted by atomic mass is 9.77. The fourth-order valence-corrected chi connectivity index (χ4v) is 3.81. The van der Waals surface area contributed by atoms with E-state index < -0.39 is 0 Å². The lowest BCUT2D eigenvalue weighted by Gasteiger charge is -2.29. The van der Waals surface area contributed by atoms with Crippen molar-refractivity contribution in [1.82, 2.24) is 0 Å². The van der Waals surface area contributed by atoms with Crippen LogP contribution in [0.3, 0.4) is 0 Å². The molecule has 0 heterocycles. The molecule has 21 heavy (non-hydrogen) atoms. The van der Waals surface area contributed by atoms with Crippen molar-refractivity contribution in [1.29, 1.82) is 0 Å². The van der Waals surface area contributed by atoms with Crippen molar-refractivity contribution < 1.29 is 4.39 Å². The van der Waals surface area contributed by atoms with E-state index in [1.807, 2.05) is 0 Å². The van der Waals surface area contributed by atoms with Crippen LogP contribution in [0.4, 0.5) is 4.39 Å². The Bertz CT molecular complexity index is 416. The Morgan fingerprint density at radius 3 is 2.38 bits per heavy atom. The first-order valence-electron chi connectivity index (χ1n) is 9.02. The summed E-state index contributed by atoms with van der Waals surface area (Å²) in [5, 5.41) is 0. The van der Waals surface area contributed by atoms with Gasteiger partial charge in [0.15, 0.2) is 0 Å². The molecule has 1 saturated carbocycles. The van der Waals surface area contributed by atoms with Gasteiger partial charge in [-0.15, -0.1) is 0 Å². The maximum Gasteiger partial charge on any atom is 0.126 e. The fourth-order valence-electron chi connectivity index (χ4n) is 3.81. The minimum Gasteiger partial charge on any atom is -0.207 e. The quantitative estimate of drug-likeness (QED) is 0.494. The van der Waals surface area contributed by atoms with Crippen molar-refractivity contribution >= 4 is 0 Å². The standard InChI is InChI=1S/C20H31F/c1-3-5-6-8-17-11-14-19(20(21)15-17)18-12-9-16(7-4-2)10-13-18/h11,14-16,18H,3-10,12-13H2,1-2H3. The molecule has 0 aromatic heterocycles. The van der Waals surface area contributed by atoms with Crippen LogP contribution in [0.5, 0.6) is 0 Å². The van der Waals surface area contributed by atoms with Crippen LogP contribution in [0, 0.1) is 11.7 Å². The summed E-state index contributed by atoms with van der Waals surface area (Å²) in [5.41, 5.74) is 2.15. The zero-order valence-electron chi connectivity index (χ0n) is 13.8. The summed E-state index contributed by atoms with van der Waals surface area (Å²) in [5.74, 6) is 1.40. The van der Waals surface area contributed by atoms with Crippen molar-refractivity contribution in [2.24, 2.45) is 5.92 Å². The minimum atomic E-state index is 0.0444. The van der Waals surface area contributed by atoms with Crippen LogP contribution in [0.25, 0.3) is 0 Å². The van der Waals surface area contributed by atoms with Crippen molar-refractivity contribution in [3.05, 3.63) is 35.1 Å². The third-order valence-corrected chi connectivity index (χ3v) is 5.12. The molecule has 118 valence electrons.